The predicted octanol–water partition coefficient (Wildman–Crippen LogP) is 2.13. The van der Waals surface area contributed by atoms with Crippen LogP contribution >= 0.6 is 0 Å². The van der Waals surface area contributed by atoms with Crippen molar-refractivity contribution >= 4 is 0 Å². The van der Waals surface area contributed by atoms with Gasteiger partial charge in [-0.3, -0.25) is 0 Å². The lowest BCUT2D eigenvalue weighted by molar-refractivity contribution is 0.0366. The number of allylic oxidation sites excluding steroid dienone is 1. The molecule has 0 aromatic carbocycles. The monoisotopic (exact) mass is 138 g/mol. The van der Waals surface area contributed by atoms with Crippen LogP contribution in [0.15, 0.2) is 11.6 Å². The highest BCUT2D eigenvalue weighted by molar-refractivity contribution is 5.19. The molecule has 2 atom stereocenters. The van der Waals surface area contributed by atoms with Gasteiger partial charge >= 0.3 is 0 Å². The molecular weight excluding hydrogens is 124 g/mol. The Morgan fingerprint density at radius 3 is 3.00 bits per heavy atom. The van der Waals surface area contributed by atoms with Gasteiger partial charge < -0.3 is 4.74 Å². The molecule has 2 rings (SSSR count). The quantitative estimate of drug-likeness (QED) is 0.531. The Balaban J connectivity index is 1.97. The maximum Gasteiger partial charge on any atom is 0.0646 e. The summed E-state index contributed by atoms with van der Waals surface area (Å²) in [5.41, 5.74) is 1.64. The third kappa shape index (κ3) is 0.891. The summed E-state index contributed by atoms with van der Waals surface area (Å²) in [6, 6.07) is 0. The number of ether oxygens (including phenoxy) is 1. The third-order valence-electron chi connectivity index (χ3n) is 2.60. The summed E-state index contributed by atoms with van der Waals surface area (Å²) in [7, 11) is 0. The van der Waals surface area contributed by atoms with Crippen molar-refractivity contribution in [2.24, 2.45) is 5.92 Å². The fourth-order valence-electron chi connectivity index (χ4n) is 2.11. The molecule has 1 heteroatoms. The van der Waals surface area contributed by atoms with Crippen LogP contribution in [0.25, 0.3) is 0 Å². The van der Waals surface area contributed by atoms with Gasteiger partial charge in [0.1, 0.15) is 0 Å². The highest BCUT2D eigenvalue weighted by Crippen LogP contribution is 2.41. The summed E-state index contributed by atoms with van der Waals surface area (Å²) in [5.74, 6) is 0.843. The predicted molar refractivity (Wildman–Crippen MR) is 40.8 cm³/mol. The van der Waals surface area contributed by atoms with E-state index < -0.39 is 0 Å². The molecule has 0 heterocycles. The largest absolute Gasteiger partial charge is 0.378 e. The minimum atomic E-state index is 0.574. The van der Waals surface area contributed by atoms with Gasteiger partial charge in [-0.05, 0) is 32.1 Å². The van der Waals surface area contributed by atoms with Gasteiger partial charge in [-0.25, -0.2) is 0 Å². The van der Waals surface area contributed by atoms with Gasteiger partial charge in [0.05, 0.1) is 6.10 Å². The van der Waals surface area contributed by atoms with Crippen LogP contribution < -0.4 is 0 Å². The first-order chi connectivity index (χ1) is 4.90. The molecule has 0 aromatic rings. The second-order valence-electron chi connectivity index (χ2n) is 3.26. The first kappa shape index (κ1) is 6.41. The smallest absolute Gasteiger partial charge is 0.0646 e. The zero-order valence-corrected chi connectivity index (χ0v) is 6.47. The second-order valence-corrected chi connectivity index (χ2v) is 3.26. The summed E-state index contributed by atoms with van der Waals surface area (Å²) >= 11 is 0. The highest BCUT2D eigenvalue weighted by Gasteiger charge is 2.34. The Labute approximate surface area is 62.1 Å². The van der Waals surface area contributed by atoms with Crippen LogP contribution in [0.4, 0.5) is 0 Å². The normalized spacial score (nSPS) is 36.7. The van der Waals surface area contributed by atoms with Crippen LogP contribution in [-0.2, 0) is 4.74 Å². The summed E-state index contributed by atoms with van der Waals surface area (Å²) in [4.78, 5) is 0. The summed E-state index contributed by atoms with van der Waals surface area (Å²) in [5, 5.41) is 0. The number of hydrogen-bond donors (Lipinski definition) is 0. The molecule has 0 spiro atoms. The van der Waals surface area contributed by atoms with Crippen LogP contribution in [0, 0.1) is 5.92 Å². The molecule has 2 aliphatic carbocycles. The van der Waals surface area contributed by atoms with E-state index in [1.54, 1.807) is 5.57 Å². The molecule has 1 nitrogen and oxygen atoms in total. The number of rotatable bonds is 2. The van der Waals surface area contributed by atoms with E-state index in [9.17, 15) is 0 Å². The Kier molecular flexibility index (Phi) is 1.53. The minimum absolute atomic E-state index is 0.574. The van der Waals surface area contributed by atoms with Crippen molar-refractivity contribution in [1.29, 1.82) is 0 Å². The molecule has 2 unspecified atom stereocenters. The van der Waals surface area contributed by atoms with Crippen molar-refractivity contribution in [3.05, 3.63) is 11.6 Å². The molecular formula is C9H14O. The molecule has 1 fully saturated rings. The highest BCUT2D eigenvalue weighted by atomic mass is 16.5. The van der Waals surface area contributed by atoms with Crippen molar-refractivity contribution in [2.75, 3.05) is 6.61 Å². The summed E-state index contributed by atoms with van der Waals surface area (Å²) < 4.78 is 5.60. The lowest BCUT2D eigenvalue weighted by atomic mass is 10.0. The molecule has 0 aromatic heterocycles. The van der Waals surface area contributed by atoms with Crippen LogP contribution in [0.3, 0.4) is 0 Å². The Morgan fingerprint density at radius 1 is 1.60 bits per heavy atom. The summed E-state index contributed by atoms with van der Waals surface area (Å²) in [6.45, 7) is 2.97. The average Bonchev–Trinajstić information content (AvgIpc) is 2.48. The first-order valence-corrected chi connectivity index (χ1v) is 4.19. The molecule has 2 aliphatic rings. The van der Waals surface area contributed by atoms with Gasteiger partial charge in [-0.15, -0.1) is 0 Å². The lowest BCUT2D eigenvalue weighted by Gasteiger charge is -2.18. The van der Waals surface area contributed by atoms with Gasteiger partial charge in [0.15, 0.2) is 0 Å². The van der Waals surface area contributed by atoms with E-state index in [0.717, 1.165) is 12.5 Å². The van der Waals surface area contributed by atoms with E-state index in [1.807, 2.05) is 0 Å². The van der Waals surface area contributed by atoms with E-state index >= 15 is 0 Å². The maximum absolute atomic E-state index is 5.60. The van der Waals surface area contributed by atoms with Crippen LogP contribution in [0.5, 0.6) is 0 Å². The Morgan fingerprint density at radius 2 is 2.50 bits per heavy atom. The first-order valence-electron chi connectivity index (χ1n) is 4.19. The van der Waals surface area contributed by atoms with Gasteiger partial charge in [0.25, 0.3) is 0 Å². The number of fused-ring (bicyclic) bond motifs is 2. The topological polar surface area (TPSA) is 9.23 Å². The Bertz CT molecular complexity index is 160. The van der Waals surface area contributed by atoms with Crippen molar-refractivity contribution in [3.63, 3.8) is 0 Å². The molecule has 10 heavy (non-hydrogen) atoms. The molecule has 1 saturated carbocycles. The molecule has 0 amide bonds. The van der Waals surface area contributed by atoms with E-state index in [2.05, 4.69) is 13.0 Å². The molecule has 2 bridgehead atoms. The fourth-order valence-corrected chi connectivity index (χ4v) is 2.11. The zero-order chi connectivity index (χ0) is 6.97. The second kappa shape index (κ2) is 2.39. The van der Waals surface area contributed by atoms with Crippen molar-refractivity contribution in [3.8, 4) is 0 Å². The molecule has 0 N–H and O–H groups in total. The zero-order valence-electron chi connectivity index (χ0n) is 6.47. The van der Waals surface area contributed by atoms with E-state index in [-0.39, 0.29) is 0 Å². The van der Waals surface area contributed by atoms with Crippen molar-refractivity contribution < 1.29 is 4.74 Å². The van der Waals surface area contributed by atoms with Crippen LogP contribution in [0.2, 0.25) is 0 Å². The van der Waals surface area contributed by atoms with E-state index in [4.69, 9.17) is 4.74 Å². The fraction of sp³-hybridized carbons (Fsp3) is 0.778. The van der Waals surface area contributed by atoms with E-state index in [0.29, 0.717) is 6.10 Å². The van der Waals surface area contributed by atoms with Gasteiger partial charge in [-0.2, -0.15) is 0 Å². The van der Waals surface area contributed by atoms with Crippen LogP contribution in [-0.4, -0.2) is 12.7 Å². The van der Waals surface area contributed by atoms with Gasteiger partial charge in [0, 0.05) is 6.61 Å². The average molecular weight is 138 g/mol. The SMILES string of the molecule is CCOC1CC2=CCC1C2. The molecule has 0 saturated heterocycles. The molecule has 0 aliphatic heterocycles. The van der Waals surface area contributed by atoms with Gasteiger partial charge in [-0.1, -0.05) is 11.6 Å². The number of hydrogen-bond acceptors (Lipinski definition) is 1. The van der Waals surface area contributed by atoms with Crippen molar-refractivity contribution in [1.82, 2.24) is 0 Å². The molecule has 56 valence electrons. The Hall–Kier alpha value is -0.300. The third-order valence-corrected chi connectivity index (χ3v) is 2.60. The van der Waals surface area contributed by atoms with Gasteiger partial charge in [0.2, 0.25) is 0 Å². The summed E-state index contributed by atoms with van der Waals surface area (Å²) in [6.07, 6.45) is 6.79. The maximum atomic E-state index is 5.60. The molecule has 0 radical (unpaired) electrons. The lowest BCUT2D eigenvalue weighted by Crippen LogP contribution is -2.18. The standard InChI is InChI=1S/C9H14O/c1-2-10-9-6-7-3-4-8(9)5-7/h3,8-9H,2,4-6H2,1H3. The van der Waals surface area contributed by atoms with E-state index in [1.165, 1.54) is 19.3 Å². The van der Waals surface area contributed by atoms with Crippen LogP contribution in [0.1, 0.15) is 26.2 Å². The van der Waals surface area contributed by atoms with Crippen molar-refractivity contribution in [2.45, 2.75) is 32.3 Å². The minimum Gasteiger partial charge on any atom is -0.378 e.